The van der Waals surface area contributed by atoms with Gasteiger partial charge in [-0.2, -0.15) is 0 Å². The molecule has 0 heterocycles. The maximum Gasteiger partial charge on any atom is 0.311 e. The Morgan fingerprint density at radius 1 is 1.36 bits per heavy atom. The van der Waals surface area contributed by atoms with Crippen molar-refractivity contribution in [1.82, 2.24) is 0 Å². The van der Waals surface area contributed by atoms with Gasteiger partial charge in [-0.05, 0) is 19.3 Å². The summed E-state index contributed by atoms with van der Waals surface area (Å²) < 4.78 is 0. The van der Waals surface area contributed by atoms with Gasteiger partial charge in [0, 0.05) is 0 Å². The Morgan fingerprint density at radius 3 is 2.36 bits per heavy atom. The number of allylic oxidation sites excluding steroid dienone is 1. The van der Waals surface area contributed by atoms with E-state index in [0.29, 0.717) is 6.42 Å². The number of hydrogen-bond acceptors (Lipinski definition) is 2. The summed E-state index contributed by atoms with van der Waals surface area (Å²) in [5.41, 5.74) is 0.961. The Kier molecular flexibility index (Phi) is 2.93. The van der Waals surface area contributed by atoms with Crippen LogP contribution < -0.4 is 0 Å². The minimum Gasteiger partial charge on any atom is -0.481 e. The number of aliphatic carboxylic acids is 2. The molecule has 14 heavy (non-hydrogen) atoms. The smallest absolute Gasteiger partial charge is 0.311 e. The topological polar surface area (TPSA) is 74.6 Å². The average molecular weight is 198 g/mol. The second kappa shape index (κ2) is 3.82. The molecule has 0 fully saturated rings. The molecule has 3 atom stereocenters. The van der Waals surface area contributed by atoms with Crippen LogP contribution in [0, 0.1) is 17.8 Å². The first-order valence-corrected chi connectivity index (χ1v) is 4.56. The first-order valence-electron chi connectivity index (χ1n) is 4.56. The Bertz CT molecular complexity index is 292. The number of carboxylic acid groups (broad SMARTS) is 2. The second-order valence-corrected chi connectivity index (χ2v) is 3.92. The lowest BCUT2D eigenvalue weighted by atomic mass is 9.74. The molecule has 0 radical (unpaired) electrons. The highest BCUT2D eigenvalue weighted by molar-refractivity contribution is 5.82. The van der Waals surface area contributed by atoms with Crippen molar-refractivity contribution in [2.75, 3.05) is 0 Å². The van der Waals surface area contributed by atoms with E-state index in [2.05, 4.69) is 0 Å². The van der Waals surface area contributed by atoms with Crippen molar-refractivity contribution in [2.24, 2.45) is 17.8 Å². The highest BCUT2D eigenvalue weighted by atomic mass is 16.4. The van der Waals surface area contributed by atoms with Gasteiger partial charge in [-0.3, -0.25) is 9.59 Å². The number of rotatable bonds is 2. The third-order valence-electron chi connectivity index (χ3n) is 2.68. The fraction of sp³-hybridized carbons (Fsp3) is 0.600. The van der Waals surface area contributed by atoms with Crippen LogP contribution in [0.2, 0.25) is 0 Å². The molecule has 0 aromatic carbocycles. The molecule has 0 saturated carbocycles. The van der Waals surface area contributed by atoms with Crippen molar-refractivity contribution in [1.29, 1.82) is 0 Å². The SMILES string of the molecule is CC1=CC(C(=O)O)C(C(=O)O)C(C)C1. The van der Waals surface area contributed by atoms with Crippen LogP contribution in [0.25, 0.3) is 0 Å². The third-order valence-corrected chi connectivity index (χ3v) is 2.68. The summed E-state index contributed by atoms with van der Waals surface area (Å²) in [4.78, 5) is 21.7. The largest absolute Gasteiger partial charge is 0.481 e. The van der Waals surface area contributed by atoms with Gasteiger partial charge in [-0.15, -0.1) is 0 Å². The lowest BCUT2D eigenvalue weighted by Gasteiger charge is -2.29. The van der Waals surface area contributed by atoms with Crippen LogP contribution in [0.5, 0.6) is 0 Å². The molecule has 1 aliphatic carbocycles. The van der Waals surface area contributed by atoms with E-state index in [4.69, 9.17) is 10.2 Å². The molecule has 0 aromatic heterocycles. The van der Waals surface area contributed by atoms with Gasteiger partial charge >= 0.3 is 11.9 Å². The molecule has 1 rings (SSSR count). The lowest BCUT2D eigenvalue weighted by Crippen LogP contribution is -2.36. The lowest BCUT2D eigenvalue weighted by molar-refractivity contribution is -0.154. The summed E-state index contributed by atoms with van der Waals surface area (Å²) in [5, 5.41) is 17.8. The summed E-state index contributed by atoms with van der Waals surface area (Å²) in [6, 6.07) is 0. The second-order valence-electron chi connectivity index (χ2n) is 3.92. The Hall–Kier alpha value is -1.32. The van der Waals surface area contributed by atoms with Crippen LogP contribution >= 0.6 is 0 Å². The zero-order valence-electron chi connectivity index (χ0n) is 8.23. The molecule has 0 saturated heterocycles. The van der Waals surface area contributed by atoms with E-state index in [-0.39, 0.29) is 5.92 Å². The van der Waals surface area contributed by atoms with Crippen LogP contribution in [-0.2, 0) is 9.59 Å². The summed E-state index contributed by atoms with van der Waals surface area (Å²) in [6.07, 6.45) is 2.22. The maximum atomic E-state index is 10.9. The molecule has 0 amide bonds. The first-order chi connectivity index (χ1) is 6.43. The molecule has 3 unspecified atom stereocenters. The van der Waals surface area contributed by atoms with Crippen LogP contribution in [0.3, 0.4) is 0 Å². The average Bonchev–Trinajstić information content (AvgIpc) is 2.01. The predicted molar refractivity (Wildman–Crippen MR) is 49.8 cm³/mol. The molecule has 0 aliphatic heterocycles. The molecule has 1 aliphatic rings. The molecular formula is C10H14O4. The standard InChI is InChI=1S/C10H14O4/c1-5-3-6(2)8(10(13)14)7(4-5)9(11)12/h4,6-8H,3H2,1-2H3,(H,11,12)(H,13,14). The van der Waals surface area contributed by atoms with Crippen LogP contribution in [0.15, 0.2) is 11.6 Å². The minimum atomic E-state index is -1.05. The normalized spacial score (nSPS) is 32.1. The summed E-state index contributed by atoms with van der Waals surface area (Å²) >= 11 is 0. The fourth-order valence-electron chi connectivity index (χ4n) is 2.09. The number of hydrogen-bond donors (Lipinski definition) is 2. The molecule has 2 N–H and O–H groups in total. The van der Waals surface area contributed by atoms with Crippen LogP contribution in [0.4, 0.5) is 0 Å². The van der Waals surface area contributed by atoms with E-state index in [1.54, 1.807) is 13.0 Å². The van der Waals surface area contributed by atoms with E-state index in [1.165, 1.54) is 0 Å². The van der Waals surface area contributed by atoms with Gasteiger partial charge < -0.3 is 10.2 Å². The van der Waals surface area contributed by atoms with Gasteiger partial charge in [0.05, 0.1) is 11.8 Å². The van der Waals surface area contributed by atoms with Crippen molar-refractivity contribution in [3.05, 3.63) is 11.6 Å². The molecule has 0 aromatic rings. The van der Waals surface area contributed by atoms with Gasteiger partial charge in [-0.1, -0.05) is 18.6 Å². The van der Waals surface area contributed by atoms with Crippen LogP contribution in [0.1, 0.15) is 20.3 Å². The van der Waals surface area contributed by atoms with Crippen molar-refractivity contribution < 1.29 is 19.8 Å². The Balaban J connectivity index is 3.01. The molecule has 0 bridgehead atoms. The molecule has 78 valence electrons. The van der Waals surface area contributed by atoms with Crippen molar-refractivity contribution in [2.45, 2.75) is 20.3 Å². The number of carbonyl (C=O) groups is 2. The summed E-state index contributed by atoms with van der Waals surface area (Å²) in [5.74, 6) is -3.86. The molecule has 4 nitrogen and oxygen atoms in total. The zero-order valence-corrected chi connectivity index (χ0v) is 8.23. The highest BCUT2D eigenvalue weighted by Gasteiger charge is 2.39. The summed E-state index contributed by atoms with van der Waals surface area (Å²) in [7, 11) is 0. The van der Waals surface area contributed by atoms with E-state index >= 15 is 0 Å². The van der Waals surface area contributed by atoms with Crippen LogP contribution in [-0.4, -0.2) is 22.2 Å². The Morgan fingerprint density at radius 2 is 1.93 bits per heavy atom. The Labute approximate surface area is 82.2 Å². The zero-order chi connectivity index (χ0) is 10.9. The molecule has 0 spiro atoms. The summed E-state index contributed by atoms with van der Waals surface area (Å²) in [6.45, 7) is 3.62. The molecule has 4 heteroatoms. The van der Waals surface area contributed by atoms with E-state index < -0.39 is 23.8 Å². The predicted octanol–water partition coefficient (Wildman–Crippen LogP) is 1.37. The van der Waals surface area contributed by atoms with Gasteiger partial charge in [0.2, 0.25) is 0 Å². The van der Waals surface area contributed by atoms with Crippen molar-refractivity contribution in [3.63, 3.8) is 0 Å². The molecular weight excluding hydrogens is 184 g/mol. The van der Waals surface area contributed by atoms with Crippen molar-refractivity contribution >= 4 is 11.9 Å². The van der Waals surface area contributed by atoms with Crippen molar-refractivity contribution in [3.8, 4) is 0 Å². The number of carboxylic acids is 2. The van der Waals surface area contributed by atoms with E-state index in [1.807, 2.05) is 6.92 Å². The van der Waals surface area contributed by atoms with E-state index in [9.17, 15) is 9.59 Å². The van der Waals surface area contributed by atoms with Gasteiger partial charge in [0.25, 0.3) is 0 Å². The first kappa shape index (κ1) is 10.8. The third kappa shape index (κ3) is 1.95. The minimum absolute atomic E-state index is 0.112. The highest BCUT2D eigenvalue weighted by Crippen LogP contribution is 2.33. The monoisotopic (exact) mass is 198 g/mol. The quantitative estimate of drug-likeness (QED) is 0.657. The maximum absolute atomic E-state index is 10.9. The van der Waals surface area contributed by atoms with E-state index in [0.717, 1.165) is 5.57 Å². The fourth-order valence-corrected chi connectivity index (χ4v) is 2.09. The van der Waals surface area contributed by atoms with Gasteiger partial charge in [0.1, 0.15) is 0 Å². The van der Waals surface area contributed by atoms with Gasteiger partial charge in [0.15, 0.2) is 0 Å². The van der Waals surface area contributed by atoms with Gasteiger partial charge in [-0.25, -0.2) is 0 Å².